The summed E-state index contributed by atoms with van der Waals surface area (Å²) in [6.45, 7) is 5.65. The fourth-order valence-electron chi connectivity index (χ4n) is 2.21. The Morgan fingerprint density at radius 1 is 1.44 bits per heavy atom. The number of carbonyl (C=O) groups is 2. The van der Waals surface area contributed by atoms with Crippen molar-refractivity contribution in [1.29, 1.82) is 0 Å². The van der Waals surface area contributed by atoms with Gasteiger partial charge in [0.2, 0.25) is 0 Å². The summed E-state index contributed by atoms with van der Waals surface area (Å²) in [7, 11) is 1.36. The Bertz CT molecular complexity index is 272. The molecule has 0 aromatic rings. The Balaban J connectivity index is 2.62. The van der Waals surface area contributed by atoms with Gasteiger partial charge in [0, 0.05) is 5.92 Å². The van der Waals surface area contributed by atoms with Gasteiger partial charge in [0.25, 0.3) is 0 Å². The van der Waals surface area contributed by atoms with Crippen LogP contribution >= 0.6 is 0 Å². The lowest BCUT2D eigenvalue weighted by atomic mass is 9.89. The highest BCUT2D eigenvalue weighted by atomic mass is 16.5. The summed E-state index contributed by atoms with van der Waals surface area (Å²) < 4.78 is 10.3. The number of esters is 1. The number of hydrogen-bond acceptors (Lipinski definition) is 4. The van der Waals surface area contributed by atoms with E-state index in [2.05, 4.69) is 4.74 Å². The quantitative estimate of drug-likeness (QED) is 0.685. The van der Waals surface area contributed by atoms with E-state index < -0.39 is 0 Å². The molecule has 0 saturated carbocycles. The molecule has 1 aliphatic rings. The van der Waals surface area contributed by atoms with Crippen molar-refractivity contribution in [2.75, 3.05) is 7.11 Å². The second-order valence-corrected chi connectivity index (χ2v) is 4.70. The van der Waals surface area contributed by atoms with Gasteiger partial charge in [-0.25, -0.2) is 0 Å². The van der Waals surface area contributed by atoms with Crippen LogP contribution in [-0.4, -0.2) is 31.1 Å². The maximum absolute atomic E-state index is 11.5. The molecule has 0 spiro atoms. The van der Waals surface area contributed by atoms with E-state index in [0.29, 0.717) is 6.42 Å². The minimum absolute atomic E-state index is 0.0628. The molecule has 1 fully saturated rings. The number of ketones is 1. The zero-order valence-electron chi connectivity index (χ0n) is 10.4. The van der Waals surface area contributed by atoms with Crippen LogP contribution < -0.4 is 0 Å². The summed E-state index contributed by atoms with van der Waals surface area (Å²) in [5, 5.41) is 0. The third kappa shape index (κ3) is 3.04. The van der Waals surface area contributed by atoms with Crippen LogP contribution in [0.15, 0.2) is 0 Å². The van der Waals surface area contributed by atoms with Gasteiger partial charge in [0.05, 0.1) is 25.7 Å². The van der Waals surface area contributed by atoms with Gasteiger partial charge in [-0.2, -0.15) is 0 Å². The van der Waals surface area contributed by atoms with Crippen LogP contribution in [0.1, 0.15) is 33.6 Å². The van der Waals surface area contributed by atoms with E-state index in [4.69, 9.17) is 4.74 Å². The summed E-state index contributed by atoms with van der Waals surface area (Å²) in [5.41, 5.74) is 0. The van der Waals surface area contributed by atoms with Crippen LogP contribution in [0.5, 0.6) is 0 Å². The number of rotatable bonds is 4. The SMILES string of the molecule is COC(=O)C[C@@H]1C[C@@H](C(C)=O)[C@H](C(C)C)O1. The molecule has 0 aromatic carbocycles. The van der Waals surface area contributed by atoms with Gasteiger partial charge in [-0.1, -0.05) is 13.8 Å². The van der Waals surface area contributed by atoms with Gasteiger partial charge in [-0.05, 0) is 19.3 Å². The maximum atomic E-state index is 11.5. The van der Waals surface area contributed by atoms with Crippen LogP contribution in [0.4, 0.5) is 0 Å². The molecule has 0 aromatic heterocycles. The second kappa shape index (κ2) is 5.43. The highest BCUT2D eigenvalue weighted by molar-refractivity contribution is 5.79. The number of hydrogen-bond donors (Lipinski definition) is 0. The van der Waals surface area contributed by atoms with Gasteiger partial charge in [0.1, 0.15) is 5.78 Å². The van der Waals surface area contributed by atoms with Gasteiger partial charge >= 0.3 is 5.97 Å². The normalized spacial score (nSPS) is 29.4. The number of methoxy groups -OCH3 is 1. The Labute approximate surface area is 96.3 Å². The first kappa shape index (κ1) is 13.2. The highest BCUT2D eigenvalue weighted by Crippen LogP contribution is 2.33. The van der Waals surface area contributed by atoms with Crippen LogP contribution in [0.25, 0.3) is 0 Å². The first-order valence-electron chi connectivity index (χ1n) is 5.68. The van der Waals surface area contributed by atoms with Gasteiger partial charge < -0.3 is 9.47 Å². The summed E-state index contributed by atoms with van der Waals surface area (Å²) >= 11 is 0. The number of Topliss-reactive ketones (excluding diaryl/α,β-unsaturated/α-hetero) is 1. The smallest absolute Gasteiger partial charge is 0.308 e. The molecule has 0 bridgehead atoms. The largest absolute Gasteiger partial charge is 0.469 e. The van der Waals surface area contributed by atoms with Crippen molar-refractivity contribution in [3.8, 4) is 0 Å². The zero-order valence-corrected chi connectivity index (χ0v) is 10.4. The van der Waals surface area contributed by atoms with E-state index in [1.165, 1.54) is 7.11 Å². The molecule has 3 atom stereocenters. The zero-order chi connectivity index (χ0) is 12.3. The topological polar surface area (TPSA) is 52.6 Å². The van der Waals surface area contributed by atoms with E-state index in [0.717, 1.165) is 0 Å². The van der Waals surface area contributed by atoms with Crippen molar-refractivity contribution >= 4 is 11.8 Å². The molecule has 1 rings (SSSR count). The van der Waals surface area contributed by atoms with Crippen LogP contribution in [-0.2, 0) is 19.1 Å². The molecule has 4 heteroatoms. The first-order chi connectivity index (χ1) is 7.45. The number of ether oxygens (including phenoxy) is 2. The molecule has 0 unspecified atom stereocenters. The predicted molar refractivity (Wildman–Crippen MR) is 58.9 cm³/mol. The van der Waals surface area contributed by atoms with Crippen molar-refractivity contribution in [3.63, 3.8) is 0 Å². The molecule has 4 nitrogen and oxygen atoms in total. The number of carbonyl (C=O) groups excluding carboxylic acids is 2. The summed E-state index contributed by atoms with van der Waals surface area (Å²) in [6, 6.07) is 0. The maximum Gasteiger partial charge on any atom is 0.308 e. The molecule has 0 radical (unpaired) electrons. The van der Waals surface area contributed by atoms with Gasteiger partial charge in [-0.15, -0.1) is 0 Å². The van der Waals surface area contributed by atoms with Crippen molar-refractivity contribution in [2.45, 2.75) is 45.8 Å². The lowest BCUT2D eigenvalue weighted by molar-refractivity contribution is -0.143. The Kier molecular flexibility index (Phi) is 4.47. The molecular formula is C12H20O4. The van der Waals surface area contributed by atoms with Crippen molar-refractivity contribution in [1.82, 2.24) is 0 Å². The fourth-order valence-corrected chi connectivity index (χ4v) is 2.21. The van der Waals surface area contributed by atoms with Crippen molar-refractivity contribution in [2.24, 2.45) is 11.8 Å². The van der Waals surface area contributed by atoms with E-state index in [-0.39, 0.29) is 42.2 Å². The minimum atomic E-state index is -0.281. The van der Waals surface area contributed by atoms with Crippen LogP contribution in [0.3, 0.4) is 0 Å². The van der Waals surface area contributed by atoms with Gasteiger partial charge in [-0.3, -0.25) is 9.59 Å². The van der Waals surface area contributed by atoms with Crippen molar-refractivity contribution in [3.05, 3.63) is 0 Å². The Morgan fingerprint density at radius 3 is 2.44 bits per heavy atom. The minimum Gasteiger partial charge on any atom is -0.469 e. The summed E-state index contributed by atoms with van der Waals surface area (Å²) in [6.07, 6.45) is 0.637. The molecule has 1 heterocycles. The fraction of sp³-hybridized carbons (Fsp3) is 0.833. The third-order valence-electron chi connectivity index (χ3n) is 3.06. The van der Waals surface area contributed by atoms with Gasteiger partial charge in [0.15, 0.2) is 0 Å². The molecular weight excluding hydrogens is 208 g/mol. The lowest BCUT2D eigenvalue weighted by Crippen LogP contribution is -2.27. The summed E-state index contributed by atoms with van der Waals surface area (Å²) in [4.78, 5) is 22.6. The van der Waals surface area contributed by atoms with E-state index in [9.17, 15) is 9.59 Å². The van der Waals surface area contributed by atoms with Crippen molar-refractivity contribution < 1.29 is 19.1 Å². The molecule has 0 aliphatic carbocycles. The van der Waals surface area contributed by atoms with E-state index in [1.54, 1.807) is 6.92 Å². The summed E-state index contributed by atoms with van der Waals surface area (Å²) in [5.74, 6) is 0.0778. The van der Waals surface area contributed by atoms with E-state index in [1.807, 2.05) is 13.8 Å². The van der Waals surface area contributed by atoms with E-state index >= 15 is 0 Å². The Hall–Kier alpha value is -0.900. The van der Waals surface area contributed by atoms with Crippen LogP contribution in [0, 0.1) is 11.8 Å². The second-order valence-electron chi connectivity index (χ2n) is 4.70. The molecule has 1 saturated heterocycles. The van der Waals surface area contributed by atoms with Crippen LogP contribution in [0.2, 0.25) is 0 Å². The third-order valence-corrected chi connectivity index (χ3v) is 3.06. The molecule has 16 heavy (non-hydrogen) atoms. The average molecular weight is 228 g/mol. The predicted octanol–water partition coefficient (Wildman–Crippen LogP) is 1.57. The monoisotopic (exact) mass is 228 g/mol. The molecule has 92 valence electrons. The molecule has 0 amide bonds. The molecule has 0 N–H and O–H groups in total. The lowest BCUT2D eigenvalue weighted by Gasteiger charge is -2.20. The highest BCUT2D eigenvalue weighted by Gasteiger charge is 2.40. The average Bonchev–Trinajstić information content (AvgIpc) is 2.61. The standard InChI is InChI=1S/C12H20O4/c1-7(2)12-10(8(3)13)5-9(16-12)6-11(14)15-4/h7,9-10,12H,5-6H2,1-4H3/t9-,10-,12-/m0/s1. The Morgan fingerprint density at radius 2 is 2.06 bits per heavy atom. The first-order valence-corrected chi connectivity index (χ1v) is 5.68. The molecule has 1 aliphatic heterocycles.